The smallest absolute Gasteiger partial charge is 0.326 e. The summed E-state index contributed by atoms with van der Waals surface area (Å²) in [7, 11) is 0. The van der Waals surface area contributed by atoms with Gasteiger partial charge < -0.3 is 15.0 Å². The molecular formula is C20H19ClN2O3. The van der Waals surface area contributed by atoms with Crippen molar-refractivity contribution in [1.82, 2.24) is 9.88 Å². The van der Waals surface area contributed by atoms with Gasteiger partial charge in [-0.05, 0) is 23.8 Å². The van der Waals surface area contributed by atoms with Crippen LogP contribution in [-0.2, 0) is 22.6 Å². The highest BCUT2D eigenvalue weighted by Gasteiger charge is 2.20. The summed E-state index contributed by atoms with van der Waals surface area (Å²) in [6.45, 7) is 0.452. The Morgan fingerprint density at radius 3 is 2.58 bits per heavy atom. The first-order valence-corrected chi connectivity index (χ1v) is 8.72. The van der Waals surface area contributed by atoms with E-state index in [1.807, 2.05) is 65.4 Å². The Labute approximate surface area is 156 Å². The minimum absolute atomic E-state index is 0.189. The number of aliphatic carboxylic acids is 1. The number of nitrogens with one attached hydrogen (secondary N) is 1. The minimum atomic E-state index is -1.04. The van der Waals surface area contributed by atoms with Gasteiger partial charge in [-0.2, -0.15) is 0 Å². The monoisotopic (exact) mass is 370 g/mol. The van der Waals surface area contributed by atoms with E-state index in [9.17, 15) is 14.7 Å². The summed E-state index contributed by atoms with van der Waals surface area (Å²) in [6, 6.07) is 15.8. The molecule has 1 atom stereocenters. The van der Waals surface area contributed by atoms with Crippen LogP contribution in [0.1, 0.15) is 12.0 Å². The van der Waals surface area contributed by atoms with Gasteiger partial charge in [0.2, 0.25) is 5.91 Å². The molecule has 0 radical (unpaired) electrons. The van der Waals surface area contributed by atoms with Gasteiger partial charge in [-0.25, -0.2) is 4.79 Å². The molecule has 0 fully saturated rings. The van der Waals surface area contributed by atoms with Crippen molar-refractivity contribution in [2.24, 2.45) is 0 Å². The standard InChI is InChI=1S/C20H19ClN2O3/c21-16-7-4-8-18-15(16)9-11-23(18)12-10-19(24)22-17(20(25)26)13-14-5-2-1-3-6-14/h1-9,11,17H,10,12-13H2,(H,22,24)(H,25,26)/t17-/m0/s1. The van der Waals surface area contributed by atoms with Crippen LogP contribution < -0.4 is 5.32 Å². The van der Waals surface area contributed by atoms with Crippen LogP contribution in [0.3, 0.4) is 0 Å². The zero-order chi connectivity index (χ0) is 18.5. The van der Waals surface area contributed by atoms with E-state index in [2.05, 4.69) is 5.32 Å². The summed E-state index contributed by atoms with van der Waals surface area (Å²) in [5.74, 6) is -1.34. The number of rotatable bonds is 7. The highest BCUT2D eigenvalue weighted by Crippen LogP contribution is 2.24. The Hall–Kier alpha value is -2.79. The summed E-state index contributed by atoms with van der Waals surface area (Å²) in [6.07, 6.45) is 2.32. The third kappa shape index (κ3) is 4.24. The van der Waals surface area contributed by atoms with Crippen LogP contribution in [0.25, 0.3) is 10.9 Å². The summed E-state index contributed by atoms with van der Waals surface area (Å²) in [5.41, 5.74) is 1.82. The molecule has 0 aliphatic rings. The molecule has 0 saturated heterocycles. The third-order valence-corrected chi connectivity index (χ3v) is 4.59. The van der Waals surface area contributed by atoms with Crippen LogP contribution in [0, 0.1) is 0 Å². The maximum Gasteiger partial charge on any atom is 0.326 e. The Kier molecular flexibility index (Phi) is 5.58. The molecule has 2 N–H and O–H groups in total. The van der Waals surface area contributed by atoms with Crippen LogP contribution in [0.4, 0.5) is 0 Å². The number of carboxylic acid groups (broad SMARTS) is 1. The summed E-state index contributed by atoms with van der Waals surface area (Å²) >= 11 is 6.16. The van der Waals surface area contributed by atoms with Crippen molar-refractivity contribution in [3.8, 4) is 0 Å². The van der Waals surface area contributed by atoms with E-state index < -0.39 is 12.0 Å². The van der Waals surface area contributed by atoms with E-state index in [0.717, 1.165) is 16.5 Å². The van der Waals surface area contributed by atoms with Crippen molar-refractivity contribution in [2.75, 3.05) is 0 Å². The first kappa shape index (κ1) is 18.0. The second-order valence-electron chi connectivity index (χ2n) is 6.08. The SMILES string of the molecule is O=C(CCn1ccc2c(Cl)cccc21)N[C@@H](Cc1ccccc1)C(=O)O. The normalized spacial score (nSPS) is 12.0. The first-order chi connectivity index (χ1) is 12.5. The molecule has 2 aromatic carbocycles. The largest absolute Gasteiger partial charge is 0.480 e. The predicted molar refractivity (Wildman–Crippen MR) is 101 cm³/mol. The maximum atomic E-state index is 12.2. The Bertz CT molecular complexity index is 921. The number of benzene rings is 2. The number of fused-ring (bicyclic) bond motifs is 1. The zero-order valence-corrected chi connectivity index (χ0v) is 14.8. The molecule has 26 heavy (non-hydrogen) atoms. The molecule has 0 saturated carbocycles. The number of carbonyl (C=O) groups is 2. The fourth-order valence-electron chi connectivity index (χ4n) is 2.92. The fourth-order valence-corrected chi connectivity index (χ4v) is 3.15. The number of aryl methyl sites for hydroxylation is 1. The Morgan fingerprint density at radius 2 is 1.85 bits per heavy atom. The van der Waals surface area contributed by atoms with E-state index in [1.165, 1.54) is 0 Å². The molecule has 0 unspecified atom stereocenters. The molecule has 134 valence electrons. The van der Waals surface area contributed by atoms with Crippen molar-refractivity contribution in [3.63, 3.8) is 0 Å². The lowest BCUT2D eigenvalue weighted by atomic mass is 10.1. The highest BCUT2D eigenvalue weighted by molar-refractivity contribution is 6.35. The van der Waals surface area contributed by atoms with Gasteiger partial charge >= 0.3 is 5.97 Å². The van der Waals surface area contributed by atoms with Gasteiger partial charge in [0, 0.05) is 41.5 Å². The maximum absolute atomic E-state index is 12.2. The predicted octanol–water partition coefficient (Wildman–Crippen LogP) is 3.50. The van der Waals surface area contributed by atoms with E-state index >= 15 is 0 Å². The number of halogens is 1. The van der Waals surface area contributed by atoms with Crippen LogP contribution in [0.15, 0.2) is 60.8 Å². The summed E-state index contributed by atoms with van der Waals surface area (Å²) < 4.78 is 1.94. The van der Waals surface area contributed by atoms with Gasteiger partial charge in [0.05, 0.1) is 0 Å². The lowest BCUT2D eigenvalue weighted by molar-refractivity contribution is -0.141. The second-order valence-corrected chi connectivity index (χ2v) is 6.49. The van der Waals surface area contributed by atoms with Gasteiger partial charge in [0.15, 0.2) is 0 Å². The molecule has 0 bridgehead atoms. The average Bonchev–Trinajstić information content (AvgIpc) is 3.05. The molecule has 3 aromatic rings. The van der Waals surface area contributed by atoms with Crippen molar-refractivity contribution < 1.29 is 14.7 Å². The van der Waals surface area contributed by atoms with Crippen molar-refractivity contribution in [3.05, 3.63) is 71.4 Å². The van der Waals surface area contributed by atoms with Gasteiger partial charge in [-0.15, -0.1) is 0 Å². The van der Waals surface area contributed by atoms with Crippen LogP contribution in [0.2, 0.25) is 5.02 Å². The minimum Gasteiger partial charge on any atom is -0.480 e. The quantitative estimate of drug-likeness (QED) is 0.668. The van der Waals surface area contributed by atoms with E-state index in [4.69, 9.17) is 11.6 Å². The Balaban J connectivity index is 1.61. The third-order valence-electron chi connectivity index (χ3n) is 4.26. The lowest BCUT2D eigenvalue weighted by Crippen LogP contribution is -2.42. The molecular weight excluding hydrogens is 352 g/mol. The number of aromatic nitrogens is 1. The summed E-state index contributed by atoms with van der Waals surface area (Å²) in [4.78, 5) is 23.7. The van der Waals surface area contributed by atoms with Crippen molar-refractivity contribution in [1.29, 1.82) is 0 Å². The van der Waals surface area contributed by atoms with Gasteiger partial charge in [0.25, 0.3) is 0 Å². The molecule has 0 aliphatic carbocycles. The van der Waals surface area contributed by atoms with E-state index in [1.54, 1.807) is 0 Å². The van der Waals surface area contributed by atoms with Crippen LogP contribution in [-0.4, -0.2) is 27.6 Å². The molecule has 0 spiro atoms. The van der Waals surface area contributed by atoms with Crippen molar-refractivity contribution >= 4 is 34.4 Å². The molecule has 0 aliphatic heterocycles. The molecule has 1 amide bonds. The number of nitrogens with zero attached hydrogens (tertiary/aromatic N) is 1. The highest BCUT2D eigenvalue weighted by atomic mass is 35.5. The molecule has 6 heteroatoms. The second kappa shape index (κ2) is 8.06. The first-order valence-electron chi connectivity index (χ1n) is 8.34. The fraction of sp³-hybridized carbons (Fsp3) is 0.200. The number of hydrogen-bond acceptors (Lipinski definition) is 2. The van der Waals surface area contributed by atoms with Crippen LogP contribution >= 0.6 is 11.6 Å². The van der Waals surface area contributed by atoms with Gasteiger partial charge in [-0.1, -0.05) is 48.0 Å². The van der Waals surface area contributed by atoms with Gasteiger partial charge in [-0.3, -0.25) is 4.79 Å². The topological polar surface area (TPSA) is 71.3 Å². The molecule has 1 aromatic heterocycles. The lowest BCUT2D eigenvalue weighted by Gasteiger charge is -2.15. The van der Waals surface area contributed by atoms with E-state index in [0.29, 0.717) is 11.6 Å². The summed E-state index contributed by atoms with van der Waals surface area (Å²) in [5, 5.41) is 13.6. The van der Waals surface area contributed by atoms with Crippen molar-refractivity contribution in [2.45, 2.75) is 25.4 Å². The van der Waals surface area contributed by atoms with Crippen LogP contribution in [0.5, 0.6) is 0 Å². The molecule has 1 heterocycles. The zero-order valence-electron chi connectivity index (χ0n) is 14.1. The van der Waals surface area contributed by atoms with Gasteiger partial charge in [0.1, 0.15) is 6.04 Å². The number of hydrogen-bond donors (Lipinski definition) is 2. The average molecular weight is 371 g/mol. The Morgan fingerprint density at radius 1 is 1.08 bits per heavy atom. The molecule has 5 nitrogen and oxygen atoms in total. The van der Waals surface area contributed by atoms with E-state index in [-0.39, 0.29) is 18.7 Å². The number of carboxylic acids is 1. The molecule has 3 rings (SSSR count). The number of carbonyl (C=O) groups excluding carboxylic acids is 1. The number of amides is 1.